The Balaban J connectivity index is 1.88. The topological polar surface area (TPSA) is 91.8 Å². The zero-order chi connectivity index (χ0) is 21.6. The van der Waals surface area contributed by atoms with Crippen LogP contribution >= 0.6 is 23.2 Å². The third kappa shape index (κ3) is 3.73. The molecule has 0 saturated carbocycles. The predicted octanol–water partition coefficient (Wildman–Crippen LogP) is 3.60. The number of ketones is 1. The smallest absolute Gasteiger partial charge is 0.295 e. The van der Waals surface area contributed by atoms with E-state index in [1.807, 2.05) is 0 Å². The van der Waals surface area contributed by atoms with Crippen LogP contribution in [0.3, 0.4) is 0 Å². The third-order valence-electron chi connectivity index (χ3n) is 5.39. The maximum Gasteiger partial charge on any atom is 0.295 e. The quantitative estimate of drug-likeness (QED) is 0.424. The van der Waals surface area contributed by atoms with Crippen molar-refractivity contribution in [2.24, 2.45) is 0 Å². The molecule has 0 spiro atoms. The molecule has 9 heteroatoms. The summed E-state index contributed by atoms with van der Waals surface area (Å²) in [7, 11) is -3.30. The van der Waals surface area contributed by atoms with Crippen molar-refractivity contribution in [2.75, 3.05) is 11.5 Å². The van der Waals surface area contributed by atoms with E-state index in [0.29, 0.717) is 21.2 Å². The molecule has 2 aromatic carbocycles. The van der Waals surface area contributed by atoms with Crippen LogP contribution in [0.15, 0.2) is 54.1 Å². The minimum Gasteiger partial charge on any atom is -0.507 e. The number of Topliss-reactive ketones (excluding diaryl/α,β-unsaturated/α-hetero) is 1. The Morgan fingerprint density at radius 1 is 0.967 bits per heavy atom. The molecular formula is C21H17Cl2NO5S. The first-order valence-electron chi connectivity index (χ1n) is 9.20. The van der Waals surface area contributed by atoms with Crippen LogP contribution in [0.4, 0.5) is 0 Å². The first-order valence-corrected chi connectivity index (χ1v) is 11.8. The molecule has 2 atom stereocenters. The third-order valence-corrected chi connectivity index (χ3v) is 7.64. The summed E-state index contributed by atoms with van der Waals surface area (Å²) in [6, 6.07) is 11.2. The van der Waals surface area contributed by atoms with Crippen LogP contribution in [-0.4, -0.2) is 47.7 Å². The van der Waals surface area contributed by atoms with Gasteiger partial charge in [-0.1, -0.05) is 35.3 Å². The van der Waals surface area contributed by atoms with Gasteiger partial charge in [-0.05, 0) is 48.4 Å². The summed E-state index contributed by atoms with van der Waals surface area (Å²) in [5.74, 6) is -2.29. The summed E-state index contributed by atoms with van der Waals surface area (Å²) in [6.07, 6.45) is 0.237. The average molecular weight is 466 g/mol. The number of hydrogen-bond acceptors (Lipinski definition) is 5. The van der Waals surface area contributed by atoms with Crippen molar-refractivity contribution >= 4 is 50.5 Å². The number of hydrogen-bond donors (Lipinski definition) is 1. The molecule has 2 saturated heterocycles. The molecule has 2 aromatic rings. The lowest BCUT2D eigenvalue weighted by atomic mass is 9.95. The predicted molar refractivity (Wildman–Crippen MR) is 114 cm³/mol. The lowest BCUT2D eigenvalue weighted by Crippen LogP contribution is -2.40. The Morgan fingerprint density at radius 2 is 1.53 bits per heavy atom. The highest BCUT2D eigenvalue weighted by molar-refractivity contribution is 7.91. The lowest BCUT2D eigenvalue weighted by Gasteiger charge is -2.30. The SMILES string of the molecule is O=C1C(=O)N([C@@H]2CCS(=O)(=O)C2)[C@@H](c2ccc(Cl)cc2)C1=C(O)c1ccc(Cl)cc1. The molecule has 0 aliphatic carbocycles. The Labute approximate surface area is 183 Å². The summed E-state index contributed by atoms with van der Waals surface area (Å²) in [4.78, 5) is 27.2. The van der Waals surface area contributed by atoms with E-state index < -0.39 is 33.6 Å². The van der Waals surface area contributed by atoms with Crippen molar-refractivity contribution in [1.29, 1.82) is 0 Å². The van der Waals surface area contributed by atoms with Gasteiger partial charge in [-0.15, -0.1) is 0 Å². The van der Waals surface area contributed by atoms with Gasteiger partial charge in [0.2, 0.25) is 0 Å². The zero-order valence-electron chi connectivity index (χ0n) is 15.6. The van der Waals surface area contributed by atoms with Crippen LogP contribution in [0.25, 0.3) is 5.76 Å². The second-order valence-electron chi connectivity index (χ2n) is 7.32. The number of aliphatic hydroxyl groups excluding tert-OH is 1. The molecule has 4 rings (SSSR count). The Hall–Kier alpha value is -2.35. The number of amides is 1. The number of likely N-dealkylation sites (tertiary alicyclic amines) is 1. The molecule has 0 radical (unpaired) electrons. The van der Waals surface area contributed by atoms with Crippen molar-refractivity contribution in [3.63, 3.8) is 0 Å². The average Bonchev–Trinajstić information content (AvgIpc) is 3.19. The molecule has 1 amide bonds. The molecule has 2 heterocycles. The van der Waals surface area contributed by atoms with Crippen LogP contribution in [0.1, 0.15) is 23.6 Å². The molecule has 2 aliphatic heterocycles. The van der Waals surface area contributed by atoms with Crippen molar-refractivity contribution in [3.05, 3.63) is 75.3 Å². The molecule has 30 heavy (non-hydrogen) atoms. The largest absolute Gasteiger partial charge is 0.507 e. The van der Waals surface area contributed by atoms with Crippen molar-refractivity contribution in [1.82, 2.24) is 4.90 Å². The number of carbonyl (C=O) groups is 2. The molecule has 2 fully saturated rings. The summed E-state index contributed by atoms with van der Waals surface area (Å²) in [6.45, 7) is 0. The van der Waals surface area contributed by atoms with Gasteiger partial charge in [0.05, 0.1) is 23.1 Å². The summed E-state index contributed by atoms with van der Waals surface area (Å²) in [5.41, 5.74) is 0.794. The fraction of sp³-hybridized carbons (Fsp3) is 0.238. The highest BCUT2D eigenvalue weighted by atomic mass is 35.5. The van der Waals surface area contributed by atoms with Crippen LogP contribution in [0, 0.1) is 0 Å². The van der Waals surface area contributed by atoms with E-state index in [1.165, 1.54) is 4.90 Å². The number of nitrogens with zero attached hydrogens (tertiary/aromatic N) is 1. The highest BCUT2D eigenvalue weighted by Crippen LogP contribution is 2.42. The van der Waals surface area contributed by atoms with Crippen LogP contribution in [-0.2, 0) is 19.4 Å². The number of benzene rings is 2. The zero-order valence-corrected chi connectivity index (χ0v) is 17.9. The molecular weight excluding hydrogens is 449 g/mol. The van der Waals surface area contributed by atoms with Crippen molar-refractivity contribution < 1.29 is 23.1 Å². The van der Waals surface area contributed by atoms with Gasteiger partial charge < -0.3 is 10.0 Å². The van der Waals surface area contributed by atoms with Crippen LogP contribution < -0.4 is 0 Å². The van der Waals surface area contributed by atoms with E-state index in [-0.39, 0.29) is 29.3 Å². The van der Waals surface area contributed by atoms with E-state index in [2.05, 4.69) is 0 Å². The number of aliphatic hydroxyl groups is 1. The van der Waals surface area contributed by atoms with Gasteiger partial charge in [-0.3, -0.25) is 9.59 Å². The molecule has 6 nitrogen and oxygen atoms in total. The van der Waals surface area contributed by atoms with Gasteiger partial charge in [-0.25, -0.2) is 8.42 Å². The maximum atomic E-state index is 13.0. The van der Waals surface area contributed by atoms with E-state index in [9.17, 15) is 23.1 Å². The van der Waals surface area contributed by atoms with Gasteiger partial charge in [-0.2, -0.15) is 0 Å². The Kier molecular flexibility index (Phi) is 5.38. The van der Waals surface area contributed by atoms with E-state index in [0.717, 1.165) is 0 Å². The first kappa shape index (κ1) is 20.9. The number of halogens is 2. The standard InChI is InChI=1S/C21H17Cl2NO5S/c22-14-5-1-12(2-6-14)18-17(19(25)13-3-7-15(23)8-4-13)20(26)21(27)24(18)16-9-10-30(28,29)11-16/h1-8,16,18,25H,9-11H2/t16-,18+/m1/s1. The highest BCUT2D eigenvalue weighted by Gasteiger charge is 2.50. The van der Waals surface area contributed by atoms with Gasteiger partial charge in [0.25, 0.3) is 11.7 Å². The first-order chi connectivity index (χ1) is 14.2. The number of carbonyl (C=O) groups excluding carboxylic acids is 2. The van der Waals surface area contributed by atoms with Gasteiger partial charge in [0.1, 0.15) is 5.76 Å². The minimum absolute atomic E-state index is 0.0504. The Bertz CT molecular complexity index is 1160. The number of sulfone groups is 1. The molecule has 1 N–H and O–H groups in total. The van der Waals surface area contributed by atoms with E-state index >= 15 is 0 Å². The van der Waals surface area contributed by atoms with Crippen molar-refractivity contribution in [3.8, 4) is 0 Å². The van der Waals surface area contributed by atoms with Crippen LogP contribution in [0.2, 0.25) is 10.0 Å². The lowest BCUT2D eigenvalue weighted by molar-refractivity contribution is -0.141. The van der Waals surface area contributed by atoms with E-state index in [4.69, 9.17) is 23.2 Å². The Morgan fingerprint density at radius 3 is 2.07 bits per heavy atom. The normalized spacial score (nSPS) is 25.1. The van der Waals surface area contributed by atoms with Gasteiger partial charge >= 0.3 is 0 Å². The summed E-state index contributed by atoms with van der Waals surface area (Å²) < 4.78 is 24.1. The monoisotopic (exact) mass is 465 g/mol. The van der Waals surface area contributed by atoms with Gasteiger partial charge in [0.15, 0.2) is 9.84 Å². The molecule has 156 valence electrons. The van der Waals surface area contributed by atoms with Gasteiger partial charge in [0, 0.05) is 21.7 Å². The maximum absolute atomic E-state index is 13.0. The van der Waals surface area contributed by atoms with Crippen LogP contribution in [0.5, 0.6) is 0 Å². The summed E-state index contributed by atoms with van der Waals surface area (Å²) in [5, 5.41) is 11.9. The molecule has 0 aromatic heterocycles. The minimum atomic E-state index is -3.30. The fourth-order valence-electron chi connectivity index (χ4n) is 3.96. The second-order valence-corrected chi connectivity index (χ2v) is 10.4. The molecule has 0 unspecified atom stereocenters. The second kappa shape index (κ2) is 7.72. The molecule has 0 bridgehead atoms. The number of rotatable bonds is 3. The van der Waals surface area contributed by atoms with E-state index in [1.54, 1.807) is 48.5 Å². The molecule has 2 aliphatic rings. The summed E-state index contributed by atoms with van der Waals surface area (Å²) >= 11 is 11.9. The van der Waals surface area contributed by atoms with Crippen molar-refractivity contribution in [2.45, 2.75) is 18.5 Å². The fourth-order valence-corrected chi connectivity index (χ4v) is 5.92.